The van der Waals surface area contributed by atoms with Crippen molar-refractivity contribution in [3.63, 3.8) is 0 Å². The van der Waals surface area contributed by atoms with Gasteiger partial charge in [-0.3, -0.25) is 10.1 Å². The van der Waals surface area contributed by atoms with Crippen molar-refractivity contribution in [3.8, 4) is 17.2 Å². The summed E-state index contributed by atoms with van der Waals surface area (Å²) >= 11 is 1.34. The van der Waals surface area contributed by atoms with Crippen molar-refractivity contribution in [1.82, 2.24) is 15.0 Å². The first-order valence-electron chi connectivity index (χ1n) is 10.2. The van der Waals surface area contributed by atoms with Crippen LogP contribution >= 0.6 is 11.3 Å². The molecule has 4 rings (SSSR count). The van der Waals surface area contributed by atoms with Gasteiger partial charge in [-0.15, -0.1) is 0 Å². The quantitative estimate of drug-likeness (QED) is 0.247. The molecular formula is C22H22N6O5S. The van der Waals surface area contributed by atoms with Crippen LogP contribution in [0.4, 0.5) is 22.5 Å². The molecular weight excluding hydrogens is 460 g/mol. The summed E-state index contributed by atoms with van der Waals surface area (Å²) in [7, 11) is 4.73. The number of anilines is 3. The molecule has 0 atom stereocenters. The number of thiazole rings is 1. The maximum Gasteiger partial charge on any atom is 0.353 e. The molecule has 2 heterocycles. The zero-order valence-corrected chi connectivity index (χ0v) is 19.5. The number of methoxy groups -OCH3 is 3. The van der Waals surface area contributed by atoms with Crippen LogP contribution in [0.2, 0.25) is 0 Å². The maximum atomic E-state index is 11.9. The fourth-order valence-electron chi connectivity index (χ4n) is 3.32. The molecule has 0 aliphatic rings. The number of nitrogens with one attached hydrogen (secondary N) is 2. The zero-order chi connectivity index (χ0) is 24.1. The van der Waals surface area contributed by atoms with Crippen molar-refractivity contribution in [2.75, 3.05) is 38.5 Å². The normalized spacial score (nSPS) is 10.7. The lowest BCUT2D eigenvalue weighted by atomic mass is 10.1. The van der Waals surface area contributed by atoms with E-state index in [4.69, 9.17) is 14.2 Å². The van der Waals surface area contributed by atoms with E-state index < -0.39 is 4.92 Å². The molecule has 0 bridgehead atoms. The number of hydrogen-bond donors (Lipinski definition) is 2. The third-order valence-corrected chi connectivity index (χ3v) is 5.91. The highest BCUT2D eigenvalue weighted by Gasteiger charge is 2.24. The summed E-state index contributed by atoms with van der Waals surface area (Å²) in [5, 5.41) is 18.3. The van der Waals surface area contributed by atoms with Crippen LogP contribution in [0.3, 0.4) is 0 Å². The minimum Gasteiger partial charge on any atom is -0.497 e. The third-order valence-electron chi connectivity index (χ3n) is 4.98. The van der Waals surface area contributed by atoms with E-state index in [9.17, 15) is 10.1 Å². The average Bonchev–Trinajstić information content (AvgIpc) is 3.25. The van der Waals surface area contributed by atoms with E-state index in [2.05, 4.69) is 25.6 Å². The lowest BCUT2D eigenvalue weighted by molar-refractivity contribution is -0.383. The molecule has 0 aliphatic heterocycles. The second-order valence-corrected chi connectivity index (χ2v) is 8.05. The van der Waals surface area contributed by atoms with E-state index in [-0.39, 0.29) is 17.3 Å². The van der Waals surface area contributed by atoms with Crippen LogP contribution < -0.4 is 24.8 Å². The van der Waals surface area contributed by atoms with E-state index in [1.807, 2.05) is 30.3 Å². The van der Waals surface area contributed by atoms with Crippen molar-refractivity contribution in [3.05, 3.63) is 58.4 Å². The molecule has 11 nitrogen and oxygen atoms in total. The van der Waals surface area contributed by atoms with E-state index in [0.29, 0.717) is 35.3 Å². The van der Waals surface area contributed by atoms with Crippen molar-refractivity contribution in [1.29, 1.82) is 0 Å². The summed E-state index contributed by atoms with van der Waals surface area (Å²) in [5.41, 5.74) is 1.47. The molecule has 12 heteroatoms. The summed E-state index contributed by atoms with van der Waals surface area (Å²) in [6.07, 6.45) is 1.86. The van der Waals surface area contributed by atoms with Crippen LogP contribution in [0.5, 0.6) is 17.2 Å². The van der Waals surface area contributed by atoms with Gasteiger partial charge in [-0.2, -0.15) is 0 Å². The summed E-state index contributed by atoms with van der Waals surface area (Å²) in [5.74, 6) is 2.13. The first kappa shape index (κ1) is 23.0. The second kappa shape index (κ2) is 10.2. The Morgan fingerprint density at radius 3 is 2.53 bits per heavy atom. The minimum absolute atomic E-state index is 0.0552. The first-order valence-corrected chi connectivity index (χ1v) is 11.0. The fourth-order valence-corrected chi connectivity index (χ4v) is 4.21. The van der Waals surface area contributed by atoms with Crippen molar-refractivity contribution in [2.24, 2.45) is 0 Å². The Morgan fingerprint density at radius 2 is 1.79 bits per heavy atom. The Hall–Kier alpha value is -4.19. The van der Waals surface area contributed by atoms with Crippen LogP contribution in [0.15, 0.2) is 42.7 Å². The number of rotatable bonds is 10. The van der Waals surface area contributed by atoms with Gasteiger partial charge in [0.25, 0.3) is 0 Å². The Morgan fingerprint density at radius 1 is 1.00 bits per heavy atom. The Balaban J connectivity index is 1.51. The van der Waals surface area contributed by atoms with Crippen LogP contribution in [-0.4, -0.2) is 47.7 Å². The Bertz CT molecular complexity index is 1330. The number of aromatic nitrogens is 3. The third kappa shape index (κ3) is 4.91. The van der Waals surface area contributed by atoms with E-state index in [0.717, 1.165) is 15.8 Å². The first-order chi connectivity index (χ1) is 16.5. The fraction of sp³-hybridized carbons (Fsp3) is 0.227. The van der Waals surface area contributed by atoms with Crippen LogP contribution in [0.1, 0.15) is 5.56 Å². The predicted molar refractivity (Wildman–Crippen MR) is 130 cm³/mol. The van der Waals surface area contributed by atoms with Crippen molar-refractivity contribution in [2.45, 2.75) is 6.42 Å². The molecule has 0 saturated heterocycles. The van der Waals surface area contributed by atoms with E-state index in [1.165, 1.54) is 17.7 Å². The highest BCUT2D eigenvalue weighted by molar-refractivity contribution is 7.22. The molecule has 0 radical (unpaired) electrons. The molecule has 0 unspecified atom stereocenters. The van der Waals surface area contributed by atoms with Gasteiger partial charge in [-0.05, 0) is 42.3 Å². The molecule has 34 heavy (non-hydrogen) atoms. The molecule has 2 aromatic carbocycles. The summed E-state index contributed by atoms with van der Waals surface area (Å²) in [6.45, 7) is 0.410. The zero-order valence-electron chi connectivity index (χ0n) is 18.7. The molecule has 4 aromatic rings. The lowest BCUT2D eigenvalue weighted by Gasteiger charge is -2.11. The molecule has 0 spiro atoms. The number of fused-ring (bicyclic) bond motifs is 1. The van der Waals surface area contributed by atoms with Crippen LogP contribution in [-0.2, 0) is 6.42 Å². The summed E-state index contributed by atoms with van der Waals surface area (Å²) < 4.78 is 16.7. The number of hydrogen-bond acceptors (Lipinski definition) is 11. The predicted octanol–water partition coefficient (Wildman–Crippen LogP) is 4.42. The van der Waals surface area contributed by atoms with Gasteiger partial charge in [0.15, 0.2) is 16.6 Å². The standard InChI is InChI=1S/C22H22N6O5S/c1-31-14-5-6-15-18(11-14)34-22(26-15)27-21-19(28(29)30)20(24-12-25-21)23-9-8-13-4-7-16(32-2)17(10-13)33-3/h4-7,10-12H,8-9H2,1-3H3,(H2,23,24,25,26,27). The van der Waals surface area contributed by atoms with Gasteiger partial charge in [-0.1, -0.05) is 17.4 Å². The van der Waals surface area contributed by atoms with Crippen LogP contribution in [0.25, 0.3) is 10.2 Å². The van der Waals surface area contributed by atoms with Gasteiger partial charge in [-0.25, -0.2) is 15.0 Å². The number of nitro groups is 1. The molecule has 176 valence electrons. The molecule has 2 aromatic heterocycles. The minimum atomic E-state index is -0.516. The van der Waals surface area contributed by atoms with E-state index >= 15 is 0 Å². The Kier molecular flexibility index (Phi) is 6.87. The highest BCUT2D eigenvalue weighted by atomic mass is 32.1. The van der Waals surface area contributed by atoms with Gasteiger partial charge in [0.1, 0.15) is 12.1 Å². The molecule has 0 amide bonds. The summed E-state index contributed by atoms with van der Waals surface area (Å²) in [6, 6.07) is 11.1. The Labute approximate surface area is 198 Å². The molecule has 0 fully saturated rings. The van der Waals surface area contributed by atoms with Gasteiger partial charge >= 0.3 is 5.69 Å². The largest absolute Gasteiger partial charge is 0.497 e. The molecule has 0 aliphatic carbocycles. The SMILES string of the molecule is COc1ccc2nc(Nc3ncnc(NCCc4ccc(OC)c(OC)c4)c3[N+](=O)[O-])sc2c1. The van der Waals surface area contributed by atoms with E-state index in [1.54, 1.807) is 27.4 Å². The van der Waals surface area contributed by atoms with Gasteiger partial charge in [0, 0.05) is 6.54 Å². The van der Waals surface area contributed by atoms with Crippen molar-refractivity contribution >= 4 is 44.0 Å². The van der Waals surface area contributed by atoms with Gasteiger partial charge in [0.05, 0.1) is 36.5 Å². The number of nitrogens with zero attached hydrogens (tertiary/aromatic N) is 4. The summed E-state index contributed by atoms with van der Waals surface area (Å²) in [4.78, 5) is 24.0. The molecule has 0 saturated carbocycles. The van der Waals surface area contributed by atoms with Gasteiger partial charge in [0.2, 0.25) is 11.6 Å². The monoisotopic (exact) mass is 482 g/mol. The highest BCUT2D eigenvalue weighted by Crippen LogP contribution is 2.35. The number of benzene rings is 2. The second-order valence-electron chi connectivity index (χ2n) is 7.02. The maximum absolute atomic E-state index is 11.9. The smallest absolute Gasteiger partial charge is 0.353 e. The number of ether oxygens (including phenoxy) is 3. The lowest BCUT2D eigenvalue weighted by Crippen LogP contribution is -2.11. The van der Waals surface area contributed by atoms with Gasteiger partial charge < -0.3 is 24.8 Å². The topological polar surface area (TPSA) is 134 Å². The van der Waals surface area contributed by atoms with Crippen LogP contribution in [0, 0.1) is 10.1 Å². The molecule has 2 N–H and O–H groups in total. The average molecular weight is 483 g/mol. The van der Waals surface area contributed by atoms with Crippen molar-refractivity contribution < 1.29 is 19.1 Å².